The Labute approximate surface area is 152 Å². The SMILES string of the molecule is COc1ccc(-c2nnc([C@@H](C)OC(=O)c3ccc(Br)cc3)o2)cc1. The molecule has 0 amide bonds. The molecule has 6 nitrogen and oxygen atoms in total. The van der Waals surface area contributed by atoms with Crippen LogP contribution in [0, 0.1) is 0 Å². The lowest BCUT2D eigenvalue weighted by Crippen LogP contribution is -2.09. The van der Waals surface area contributed by atoms with Crippen molar-refractivity contribution in [2.24, 2.45) is 0 Å². The third-order valence-corrected chi connectivity index (χ3v) is 4.02. The second-order valence-corrected chi connectivity index (χ2v) is 6.14. The fourth-order valence-electron chi connectivity index (χ4n) is 2.11. The van der Waals surface area contributed by atoms with Crippen molar-refractivity contribution >= 4 is 21.9 Å². The average Bonchev–Trinajstić information content (AvgIpc) is 3.12. The quantitative estimate of drug-likeness (QED) is 0.587. The van der Waals surface area contributed by atoms with Crippen LogP contribution >= 0.6 is 15.9 Å². The van der Waals surface area contributed by atoms with Crippen LogP contribution in [0.3, 0.4) is 0 Å². The van der Waals surface area contributed by atoms with Crippen LogP contribution in [-0.4, -0.2) is 23.3 Å². The zero-order chi connectivity index (χ0) is 17.8. The molecule has 0 N–H and O–H groups in total. The van der Waals surface area contributed by atoms with Gasteiger partial charge in [-0.3, -0.25) is 0 Å². The van der Waals surface area contributed by atoms with Gasteiger partial charge in [-0.2, -0.15) is 0 Å². The monoisotopic (exact) mass is 402 g/mol. The molecule has 3 aromatic rings. The van der Waals surface area contributed by atoms with Gasteiger partial charge in [0.2, 0.25) is 5.89 Å². The molecule has 25 heavy (non-hydrogen) atoms. The molecule has 128 valence electrons. The van der Waals surface area contributed by atoms with Crippen molar-refractivity contribution in [1.82, 2.24) is 10.2 Å². The van der Waals surface area contributed by atoms with E-state index in [0.717, 1.165) is 15.8 Å². The van der Waals surface area contributed by atoms with E-state index in [0.29, 0.717) is 11.5 Å². The lowest BCUT2D eigenvalue weighted by molar-refractivity contribution is 0.0280. The minimum absolute atomic E-state index is 0.233. The number of halogens is 1. The molecule has 0 radical (unpaired) electrons. The summed E-state index contributed by atoms with van der Waals surface area (Å²) in [4.78, 5) is 12.1. The Kier molecular flexibility index (Phi) is 5.14. The summed E-state index contributed by atoms with van der Waals surface area (Å²) >= 11 is 3.32. The van der Waals surface area contributed by atoms with Crippen LogP contribution in [-0.2, 0) is 4.74 Å². The van der Waals surface area contributed by atoms with Gasteiger partial charge in [-0.25, -0.2) is 4.79 Å². The lowest BCUT2D eigenvalue weighted by atomic mass is 10.2. The van der Waals surface area contributed by atoms with Crippen molar-refractivity contribution < 1.29 is 18.7 Å². The van der Waals surface area contributed by atoms with E-state index in [9.17, 15) is 4.79 Å². The molecular formula is C18H15BrN2O4. The summed E-state index contributed by atoms with van der Waals surface area (Å²) in [6, 6.07) is 14.1. The first-order chi connectivity index (χ1) is 12.1. The van der Waals surface area contributed by atoms with Crippen LogP contribution in [0.15, 0.2) is 57.4 Å². The number of carbonyl (C=O) groups is 1. The molecule has 0 aliphatic heterocycles. The Morgan fingerprint density at radius 2 is 1.76 bits per heavy atom. The fourth-order valence-corrected chi connectivity index (χ4v) is 2.38. The van der Waals surface area contributed by atoms with E-state index in [1.54, 1.807) is 50.4 Å². The Balaban J connectivity index is 1.70. The maximum atomic E-state index is 12.1. The topological polar surface area (TPSA) is 74.5 Å². The second-order valence-electron chi connectivity index (χ2n) is 5.23. The first-order valence-corrected chi connectivity index (χ1v) is 8.30. The van der Waals surface area contributed by atoms with Gasteiger partial charge in [0.25, 0.3) is 5.89 Å². The van der Waals surface area contributed by atoms with E-state index < -0.39 is 12.1 Å². The largest absolute Gasteiger partial charge is 0.497 e. The van der Waals surface area contributed by atoms with Crippen LogP contribution in [0.25, 0.3) is 11.5 Å². The number of nitrogens with zero attached hydrogens (tertiary/aromatic N) is 2. The van der Waals surface area contributed by atoms with Gasteiger partial charge in [0.15, 0.2) is 6.10 Å². The van der Waals surface area contributed by atoms with E-state index in [1.807, 2.05) is 12.1 Å². The van der Waals surface area contributed by atoms with Crippen molar-refractivity contribution in [3.8, 4) is 17.2 Å². The van der Waals surface area contributed by atoms with E-state index >= 15 is 0 Å². The zero-order valence-corrected chi connectivity index (χ0v) is 15.2. The number of hydrogen-bond acceptors (Lipinski definition) is 6. The van der Waals surface area contributed by atoms with E-state index in [2.05, 4.69) is 26.1 Å². The van der Waals surface area contributed by atoms with Crippen molar-refractivity contribution in [1.29, 1.82) is 0 Å². The second kappa shape index (κ2) is 7.48. The molecule has 0 bridgehead atoms. The van der Waals surface area contributed by atoms with Crippen molar-refractivity contribution in [2.45, 2.75) is 13.0 Å². The van der Waals surface area contributed by atoms with Crippen molar-refractivity contribution in [2.75, 3.05) is 7.11 Å². The molecule has 3 rings (SSSR count). The lowest BCUT2D eigenvalue weighted by Gasteiger charge is -2.09. The molecule has 0 fully saturated rings. The van der Waals surface area contributed by atoms with E-state index in [-0.39, 0.29) is 5.89 Å². The standard InChI is InChI=1S/C18H15BrN2O4/c1-11(24-18(22)13-3-7-14(19)8-4-13)16-20-21-17(25-16)12-5-9-15(23-2)10-6-12/h3-11H,1-2H3/t11-/m1/s1. The van der Waals surface area contributed by atoms with Crippen LogP contribution in [0.2, 0.25) is 0 Å². The first-order valence-electron chi connectivity index (χ1n) is 7.51. The third kappa shape index (κ3) is 4.06. The Morgan fingerprint density at radius 1 is 1.08 bits per heavy atom. The molecule has 7 heteroatoms. The van der Waals surface area contributed by atoms with Gasteiger partial charge in [0.1, 0.15) is 5.75 Å². The van der Waals surface area contributed by atoms with Gasteiger partial charge in [-0.05, 0) is 55.5 Å². The molecule has 0 saturated carbocycles. The molecule has 0 aliphatic rings. The molecule has 0 spiro atoms. The minimum atomic E-state index is -0.657. The summed E-state index contributed by atoms with van der Waals surface area (Å²) in [5.74, 6) is 0.866. The normalized spacial score (nSPS) is 11.8. The summed E-state index contributed by atoms with van der Waals surface area (Å²) in [5.41, 5.74) is 1.20. The maximum absolute atomic E-state index is 12.1. The predicted octanol–water partition coefficient (Wildman–Crippen LogP) is 4.43. The smallest absolute Gasteiger partial charge is 0.338 e. The van der Waals surface area contributed by atoms with Crippen molar-refractivity contribution in [3.63, 3.8) is 0 Å². The van der Waals surface area contributed by atoms with Crippen LogP contribution in [0.5, 0.6) is 5.75 Å². The summed E-state index contributed by atoms with van der Waals surface area (Å²) in [6.07, 6.45) is -0.657. The highest BCUT2D eigenvalue weighted by Gasteiger charge is 2.20. The highest BCUT2D eigenvalue weighted by Crippen LogP contribution is 2.25. The van der Waals surface area contributed by atoms with Crippen LogP contribution in [0.4, 0.5) is 0 Å². The third-order valence-electron chi connectivity index (χ3n) is 3.49. The number of hydrogen-bond donors (Lipinski definition) is 0. The number of rotatable bonds is 5. The summed E-state index contributed by atoms with van der Waals surface area (Å²) in [7, 11) is 1.60. The molecule has 1 aromatic heterocycles. The highest BCUT2D eigenvalue weighted by atomic mass is 79.9. The molecule has 1 heterocycles. The number of carbonyl (C=O) groups excluding carboxylic acids is 1. The van der Waals surface area contributed by atoms with E-state index in [1.165, 1.54) is 0 Å². The fraction of sp³-hybridized carbons (Fsp3) is 0.167. The molecule has 0 unspecified atom stereocenters. The Bertz CT molecular complexity index is 860. The predicted molar refractivity (Wildman–Crippen MR) is 94.3 cm³/mol. The highest BCUT2D eigenvalue weighted by molar-refractivity contribution is 9.10. The van der Waals surface area contributed by atoms with E-state index in [4.69, 9.17) is 13.9 Å². The summed E-state index contributed by atoms with van der Waals surface area (Å²) in [5, 5.41) is 7.96. The van der Waals surface area contributed by atoms with Gasteiger partial charge in [-0.15, -0.1) is 10.2 Å². The number of ether oxygens (including phenoxy) is 2. The number of aromatic nitrogens is 2. The Hall–Kier alpha value is -2.67. The van der Waals surface area contributed by atoms with Gasteiger partial charge < -0.3 is 13.9 Å². The molecule has 0 aliphatic carbocycles. The number of methoxy groups -OCH3 is 1. The zero-order valence-electron chi connectivity index (χ0n) is 13.6. The van der Waals surface area contributed by atoms with Crippen LogP contribution in [0.1, 0.15) is 29.3 Å². The number of esters is 1. The Morgan fingerprint density at radius 3 is 2.40 bits per heavy atom. The first kappa shape index (κ1) is 17.2. The summed E-state index contributed by atoms with van der Waals surface area (Å²) < 4.78 is 17.0. The average molecular weight is 403 g/mol. The minimum Gasteiger partial charge on any atom is -0.497 e. The summed E-state index contributed by atoms with van der Waals surface area (Å²) in [6.45, 7) is 1.68. The van der Waals surface area contributed by atoms with Crippen LogP contribution < -0.4 is 4.74 Å². The van der Waals surface area contributed by atoms with Gasteiger partial charge >= 0.3 is 5.97 Å². The molecule has 0 saturated heterocycles. The molecular weight excluding hydrogens is 388 g/mol. The maximum Gasteiger partial charge on any atom is 0.338 e. The molecule has 2 aromatic carbocycles. The number of benzene rings is 2. The van der Waals surface area contributed by atoms with Gasteiger partial charge in [0, 0.05) is 10.0 Å². The van der Waals surface area contributed by atoms with Gasteiger partial charge in [-0.1, -0.05) is 15.9 Å². The van der Waals surface area contributed by atoms with Crippen molar-refractivity contribution in [3.05, 3.63) is 64.5 Å². The molecule has 1 atom stereocenters. The van der Waals surface area contributed by atoms with Gasteiger partial charge in [0.05, 0.1) is 12.7 Å².